The second-order valence-electron chi connectivity index (χ2n) is 7.26. The number of nitrogens with one attached hydrogen (secondary N) is 1. The van der Waals surface area contributed by atoms with Crippen molar-refractivity contribution in [3.8, 4) is 0 Å². The van der Waals surface area contributed by atoms with Gasteiger partial charge in [0, 0.05) is 19.8 Å². The van der Waals surface area contributed by atoms with Gasteiger partial charge in [-0.3, -0.25) is 14.4 Å². The third-order valence-corrected chi connectivity index (χ3v) is 4.39. The molecule has 0 radical (unpaired) electrons. The predicted octanol–water partition coefficient (Wildman–Crippen LogP) is 4.71. The highest BCUT2D eigenvalue weighted by Gasteiger charge is 2.15. The first-order chi connectivity index (χ1) is 12.5. The largest absolute Gasteiger partial charge is 0.464 e. The molecule has 1 N–H and O–H groups in total. The molecule has 0 saturated heterocycles. The fraction of sp³-hybridized carbons (Fsp3) is 0.857. The minimum absolute atomic E-state index is 0.0304. The lowest BCUT2D eigenvalue weighted by atomic mass is 10.1. The standard InChI is InChI=1S/C21H39NO4/c1-4-5-6-7-8-9-10-11-12-13-14-15-21(25)22-20(16-18(2)23)17-26-19(3)24/h20H,4-17H2,1-3H3,(H,22,25)/t20-/m1/s1. The van der Waals surface area contributed by atoms with Gasteiger partial charge in [-0.25, -0.2) is 0 Å². The maximum atomic E-state index is 12.0. The zero-order valence-electron chi connectivity index (χ0n) is 17.1. The highest BCUT2D eigenvalue weighted by molar-refractivity contribution is 5.79. The number of rotatable bonds is 17. The Kier molecular flexibility index (Phi) is 16.1. The number of esters is 1. The Morgan fingerprint density at radius 1 is 0.808 bits per heavy atom. The van der Waals surface area contributed by atoms with Crippen molar-refractivity contribution in [2.24, 2.45) is 0 Å². The number of amides is 1. The fourth-order valence-electron chi connectivity index (χ4n) is 2.97. The number of Topliss-reactive ketones (excluding diaryl/α,β-unsaturated/α-hetero) is 1. The van der Waals surface area contributed by atoms with Gasteiger partial charge in [-0.1, -0.05) is 71.1 Å². The van der Waals surface area contributed by atoms with Crippen molar-refractivity contribution in [2.75, 3.05) is 6.61 Å². The third-order valence-electron chi connectivity index (χ3n) is 4.39. The Balaban J connectivity index is 3.66. The molecule has 0 aromatic heterocycles. The Morgan fingerprint density at radius 3 is 1.77 bits per heavy atom. The van der Waals surface area contributed by atoms with E-state index in [2.05, 4.69) is 12.2 Å². The molecule has 0 rings (SSSR count). The smallest absolute Gasteiger partial charge is 0.302 e. The van der Waals surface area contributed by atoms with Gasteiger partial charge < -0.3 is 10.1 Å². The molecule has 0 heterocycles. The molecular weight excluding hydrogens is 330 g/mol. The summed E-state index contributed by atoms with van der Waals surface area (Å²) in [5.74, 6) is -0.505. The van der Waals surface area contributed by atoms with Crippen LogP contribution in [0.3, 0.4) is 0 Å². The summed E-state index contributed by atoms with van der Waals surface area (Å²) in [5.41, 5.74) is 0. The van der Waals surface area contributed by atoms with Crippen LogP contribution in [0.25, 0.3) is 0 Å². The van der Waals surface area contributed by atoms with Crippen LogP contribution in [-0.2, 0) is 19.1 Å². The lowest BCUT2D eigenvalue weighted by molar-refractivity contribution is -0.143. The van der Waals surface area contributed by atoms with Gasteiger partial charge in [0.25, 0.3) is 0 Å². The molecule has 0 aromatic rings. The summed E-state index contributed by atoms with van der Waals surface area (Å²) in [7, 11) is 0. The molecule has 0 unspecified atom stereocenters. The van der Waals surface area contributed by atoms with Crippen LogP contribution in [0.1, 0.15) is 104 Å². The third kappa shape index (κ3) is 17.4. The van der Waals surface area contributed by atoms with Gasteiger partial charge in [-0.2, -0.15) is 0 Å². The van der Waals surface area contributed by atoms with Crippen molar-refractivity contribution in [3.05, 3.63) is 0 Å². The lowest BCUT2D eigenvalue weighted by Crippen LogP contribution is -2.39. The van der Waals surface area contributed by atoms with Crippen LogP contribution in [0.5, 0.6) is 0 Å². The van der Waals surface area contributed by atoms with Crippen molar-refractivity contribution in [2.45, 2.75) is 110 Å². The zero-order chi connectivity index (χ0) is 19.6. The number of carbonyl (C=O) groups excluding carboxylic acids is 3. The second kappa shape index (κ2) is 17.0. The van der Waals surface area contributed by atoms with Gasteiger partial charge in [0.2, 0.25) is 5.91 Å². The monoisotopic (exact) mass is 369 g/mol. The number of hydrogen-bond acceptors (Lipinski definition) is 4. The fourth-order valence-corrected chi connectivity index (χ4v) is 2.97. The normalized spacial score (nSPS) is 11.8. The SMILES string of the molecule is CCCCCCCCCCCCCC(=O)N[C@@H](COC(C)=O)CC(C)=O. The van der Waals surface area contributed by atoms with Crippen LogP contribution in [0.2, 0.25) is 0 Å². The lowest BCUT2D eigenvalue weighted by Gasteiger charge is -2.17. The Labute approximate surface area is 159 Å². The van der Waals surface area contributed by atoms with E-state index in [1.807, 2.05) is 0 Å². The summed E-state index contributed by atoms with van der Waals surface area (Å²) in [5, 5.41) is 2.80. The van der Waals surface area contributed by atoms with Crippen LogP contribution >= 0.6 is 0 Å². The highest BCUT2D eigenvalue weighted by Crippen LogP contribution is 2.12. The first kappa shape index (κ1) is 24.6. The number of ether oxygens (including phenoxy) is 1. The second-order valence-corrected chi connectivity index (χ2v) is 7.26. The van der Waals surface area contributed by atoms with Crippen LogP contribution in [0.15, 0.2) is 0 Å². The van der Waals surface area contributed by atoms with Gasteiger partial charge in [0.1, 0.15) is 12.4 Å². The molecule has 0 bridgehead atoms. The summed E-state index contributed by atoms with van der Waals surface area (Å²) in [4.78, 5) is 34.1. The van der Waals surface area contributed by atoms with Crippen molar-refractivity contribution < 1.29 is 19.1 Å². The Morgan fingerprint density at radius 2 is 1.31 bits per heavy atom. The van der Waals surface area contributed by atoms with E-state index in [4.69, 9.17) is 4.74 Å². The molecule has 0 aliphatic rings. The first-order valence-corrected chi connectivity index (χ1v) is 10.4. The van der Waals surface area contributed by atoms with Gasteiger partial charge in [-0.05, 0) is 13.3 Å². The van der Waals surface area contributed by atoms with Crippen LogP contribution in [0.4, 0.5) is 0 Å². The van der Waals surface area contributed by atoms with E-state index in [-0.39, 0.29) is 24.7 Å². The topological polar surface area (TPSA) is 72.5 Å². The van der Waals surface area contributed by atoms with E-state index < -0.39 is 12.0 Å². The molecule has 0 aliphatic heterocycles. The van der Waals surface area contributed by atoms with Crippen LogP contribution in [0, 0.1) is 0 Å². The Hall–Kier alpha value is -1.39. The van der Waals surface area contributed by atoms with E-state index >= 15 is 0 Å². The number of unbranched alkanes of at least 4 members (excludes halogenated alkanes) is 10. The number of carbonyl (C=O) groups is 3. The van der Waals surface area contributed by atoms with Crippen molar-refractivity contribution >= 4 is 17.7 Å². The average Bonchev–Trinajstić information content (AvgIpc) is 2.57. The molecule has 0 fully saturated rings. The van der Waals surface area contributed by atoms with Crippen LogP contribution in [-0.4, -0.2) is 30.3 Å². The molecule has 26 heavy (non-hydrogen) atoms. The quantitative estimate of drug-likeness (QED) is 0.297. The van der Waals surface area contributed by atoms with Crippen LogP contribution < -0.4 is 5.32 Å². The molecular formula is C21H39NO4. The number of ketones is 1. The number of hydrogen-bond donors (Lipinski definition) is 1. The summed E-state index contributed by atoms with van der Waals surface area (Å²) >= 11 is 0. The van der Waals surface area contributed by atoms with Gasteiger partial charge in [0.05, 0.1) is 6.04 Å². The van der Waals surface area contributed by atoms with Crippen molar-refractivity contribution in [3.63, 3.8) is 0 Å². The molecule has 0 saturated carbocycles. The van der Waals surface area contributed by atoms with E-state index in [0.29, 0.717) is 6.42 Å². The van der Waals surface area contributed by atoms with Crippen molar-refractivity contribution in [1.29, 1.82) is 0 Å². The summed E-state index contributed by atoms with van der Waals surface area (Å²) in [6, 6.07) is -0.420. The summed E-state index contributed by atoms with van der Waals surface area (Å²) in [6.07, 6.45) is 14.4. The van der Waals surface area contributed by atoms with Gasteiger partial charge >= 0.3 is 5.97 Å². The minimum atomic E-state index is -0.420. The highest BCUT2D eigenvalue weighted by atomic mass is 16.5. The average molecular weight is 370 g/mol. The van der Waals surface area contributed by atoms with Gasteiger partial charge in [-0.15, -0.1) is 0 Å². The predicted molar refractivity (Wildman–Crippen MR) is 105 cm³/mol. The Bertz CT molecular complexity index is 395. The molecule has 5 nitrogen and oxygen atoms in total. The molecule has 0 aliphatic carbocycles. The maximum Gasteiger partial charge on any atom is 0.302 e. The molecule has 1 amide bonds. The summed E-state index contributed by atoms with van der Waals surface area (Å²) in [6.45, 7) is 5.08. The van der Waals surface area contributed by atoms with Gasteiger partial charge in [0.15, 0.2) is 0 Å². The molecule has 5 heteroatoms. The molecule has 1 atom stereocenters. The zero-order valence-corrected chi connectivity index (χ0v) is 17.1. The molecule has 0 spiro atoms. The van der Waals surface area contributed by atoms with E-state index in [1.54, 1.807) is 0 Å². The molecule has 152 valence electrons. The van der Waals surface area contributed by atoms with E-state index in [0.717, 1.165) is 12.8 Å². The van der Waals surface area contributed by atoms with E-state index in [1.165, 1.54) is 71.6 Å². The minimum Gasteiger partial charge on any atom is -0.464 e. The van der Waals surface area contributed by atoms with Crippen molar-refractivity contribution in [1.82, 2.24) is 5.32 Å². The molecule has 0 aromatic carbocycles. The maximum absolute atomic E-state index is 12.0. The first-order valence-electron chi connectivity index (χ1n) is 10.4. The van der Waals surface area contributed by atoms with E-state index in [9.17, 15) is 14.4 Å². The summed E-state index contributed by atoms with van der Waals surface area (Å²) < 4.78 is 4.91.